The minimum atomic E-state index is -0.343. The van der Waals surface area contributed by atoms with Crippen LogP contribution in [0.4, 0.5) is 5.69 Å². The number of aryl methyl sites for hydroxylation is 1. The van der Waals surface area contributed by atoms with E-state index in [9.17, 15) is 9.59 Å². The summed E-state index contributed by atoms with van der Waals surface area (Å²) in [6.45, 7) is 0.398. The number of aromatic nitrogens is 2. The van der Waals surface area contributed by atoms with Gasteiger partial charge < -0.3 is 15.4 Å². The summed E-state index contributed by atoms with van der Waals surface area (Å²) in [5.41, 5.74) is 2.33. The molecule has 3 rings (SSSR count). The van der Waals surface area contributed by atoms with Gasteiger partial charge in [0.1, 0.15) is 5.56 Å². The number of amides is 2. The molecule has 2 N–H and O–H groups in total. The molecule has 2 aromatic carbocycles. The van der Waals surface area contributed by atoms with Crippen LogP contribution in [-0.2, 0) is 13.6 Å². The second kappa shape index (κ2) is 8.58. The molecule has 8 heteroatoms. The lowest BCUT2D eigenvalue weighted by Gasteiger charge is -2.08. The summed E-state index contributed by atoms with van der Waals surface area (Å²) < 4.78 is 6.59. The Kier molecular flexibility index (Phi) is 5.96. The first-order chi connectivity index (χ1) is 13.5. The fraction of sp³-hybridized carbons (Fsp3) is 0.150. The predicted molar refractivity (Wildman–Crippen MR) is 107 cm³/mol. The van der Waals surface area contributed by atoms with Crippen LogP contribution in [0.15, 0.2) is 54.7 Å². The third-order valence-corrected chi connectivity index (χ3v) is 4.26. The van der Waals surface area contributed by atoms with Gasteiger partial charge in [0.2, 0.25) is 5.88 Å². The van der Waals surface area contributed by atoms with Crippen LogP contribution >= 0.6 is 11.6 Å². The highest BCUT2D eigenvalue weighted by molar-refractivity contribution is 6.30. The highest BCUT2D eigenvalue weighted by atomic mass is 35.5. The minimum Gasteiger partial charge on any atom is -0.479 e. The molecule has 0 fully saturated rings. The van der Waals surface area contributed by atoms with Crippen molar-refractivity contribution in [3.63, 3.8) is 0 Å². The third-order valence-electron chi connectivity index (χ3n) is 4.00. The highest BCUT2D eigenvalue weighted by Crippen LogP contribution is 2.18. The van der Waals surface area contributed by atoms with Gasteiger partial charge in [0.25, 0.3) is 11.8 Å². The SMILES string of the molecule is COc1nn(C)cc1C(=O)Nc1ccc(C(=O)NCc2ccc(Cl)cc2)cc1. The van der Waals surface area contributed by atoms with Gasteiger partial charge in [-0.25, -0.2) is 0 Å². The average Bonchev–Trinajstić information content (AvgIpc) is 3.09. The van der Waals surface area contributed by atoms with Crippen molar-refractivity contribution >= 4 is 29.1 Å². The number of ether oxygens (including phenoxy) is 1. The highest BCUT2D eigenvalue weighted by Gasteiger charge is 2.16. The normalized spacial score (nSPS) is 10.4. The molecular formula is C20H19ClN4O3. The van der Waals surface area contributed by atoms with Gasteiger partial charge in [-0.05, 0) is 42.0 Å². The smallest absolute Gasteiger partial charge is 0.262 e. The molecule has 2 amide bonds. The van der Waals surface area contributed by atoms with Crippen molar-refractivity contribution in [1.29, 1.82) is 0 Å². The molecule has 0 unspecified atom stereocenters. The second-order valence-corrected chi connectivity index (χ2v) is 6.50. The largest absolute Gasteiger partial charge is 0.479 e. The maximum absolute atomic E-state index is 12.4. The van der Waals surface area contributed by atoms with E-state index in [1.165, 1.54) is 11.8 Å². The Morgan fingerprint density at radius 1 is 1.07 bits per heavy atom. The van der Waals surface area contributed by atoms with Gasteiger partial charge in [-0.15, -0.1) is 5.10 Å². The number of carbonyl (C=O) groups is 2. The molecule has 0 spiro atoms. The van der Waals surface area contributed by atoms with E-state index in [1.807, 2.05) is 12.1 Å². The fourth-order valence-corrected chi connectivity index (χ4v) is 2.69. The number of benzene rings is 2. The maximum atomic E-state index is 12.4. The van der Waals surface area contributed by atoms with E-state index >= 15 is 0 Å². The van der Waals surface area contributed by atoms with Gasteiger partial charge in [-0.3, -0.25) is 14.3 Å². The number of carbonyl (C=O) groups excluding carboxylic acids is 2. The van der Waals surface area contributed by atoms with Crippen LogP contribution in [0.1, 0.15) is 26.3 Å². The van der Waals surface area contributed by atoms with Crippen molar-refractivity contribution in [2.75, 3.05) is 12.4 Å². The van der Waals surface area contributed by atoms with E-state index in [0.717, 1.165) is 5.56 Å². The summed E-state index contributed by atoms with van der Waals surface area (Å²) in [5, 5.41) is 10.3. The molecule has 1 aromatic heterocycles. The maximum Gasteiger partial charge on any atom is 0.262 e. The van der Waals surface area contributed by atoms with E-state index in [4.69, 9.17) is 16.3 Å². The number of halogens is 1. The topological polar surface area (TPSA) is 85.2 Å². The van der Waals surface area contributed by atoms with Crippen molar-refractivity contribution in [3.8, 4) is 5.88 Å². The van der Waals surface area contributed by atoms with Crippen molar-refractivity contribution in [2.24, 2.45) is 7.05 Å². The Bertz CT molecular complexity index is 982. The van der Waals surface area contributed by atoms with Gasteiger partial charge in [-0.2, -0.15) is 0 Å². The summed E-state index contributed by atoms with van der Waals surface area (Å²) in [7, 11) is 3.16. The lowest BCUT2D eigenvalue weighted by molar-refractivity contribution is 0.0950. The summed E-state index contributed by atoms with van der Waals surface area (Å²) >= 11 is 5.85. The van der Waals surface area contributed by atoms with Gasteiger partial charge in [0.15, 0.2) is 0 Å². The monoisotopic (exact) mass is 398 g/mol. The van der Waals surface area contributed by atoms with Crippen LogP contribution in [0, 0.1) is 0 Å². The molecular weight excluding hydrogens is 380 g/mol. The Hall–Kier alpha value is -3.32. The number of nitrogens with one attached hydrogen (secondary N) is 2. The Labute approximate surface area is 167 Å². The standard InChI is InChI=1S/C20H19ClN4O3/c1-25-12-17(20(24-25)28-2)19(27)23-16-9-5-14(6-10-16)18(26)22-11-13-3-7-15(21)8-4-13/h3-10,12H,11H2,1-2H3,(H,22,26)(H,23,27). The van der Waals surface area contributed by atoms with E-state index in [0.29, 0.717) is 28.4 Å². The predicted octanol–water partition coefficient (Wildman–Crippen LogP) is 3.26. The van der Waals surface area contributed by atoms with Gasteiger partial charge in [0, 0.05) is 36.1 Å². The molecule has 0 saturated carbocycles. The first kappa shape index (κ1) is 19.4. The molecule has 0 radical (unpaired) electrons. The zero-order valence-corrected chi connectivity index (χ0v) is 16.2. The number of hydrogen-bond donors (Lipinski definition) is 2. The Morgan fingerprint density at radius 3 is 2.39 bits per heavy atom. The van der Waals surface area contributed by atoms with Crippen molar-refractivity contribution in [2.45, 2.75) is 6.54 Å². The lowest BCUT2D eigenvalue weighted by Crippen LogP contribution is -2.22. The van der Waals surface area contributed by atoms with Gasteiger partial charge in [0.05, 0.1) is 7.11 Å². The van der Waals surface area contributed by atoms with Crippen molar-refractivity contribution in [3.05, 3.63) is 76.4 Å². The summed E-state index contributed by atoms with van der Waals surface area (Å²) in [6, 6.07) is 13.9. The molecule has 0 aliphatic heterocycles. The fourth-order valence-electron chi connectivity index (χ4n) is 2.56. The van der Waals surface area contributed by atoms with E-state index in [-0.39, 0.29) is 17.7 Å². The third kappa shape index (κ3) is 4.69. The molecule has 144 valence electrons. The molecule has 7 nitrogen and oxygen atoms in total. The van der Waals surface area contributed by atoms with E-state index < -0.39 is 0 Å². The van der Waals surface area contributed by atoms with Crippen molar-refractivity contribution in [1.82, 2.24) is 15.1 Å². The summed E-state index contributed by atoms with van der Waals surface area (Å²) in [4.78, 5) is 24.7. The molecule has 0 aliphatic carbocycles. The Morgan fingerprint density at radius 2 is 1.75 bits per heavy atom. The van der Waals surface area contributed by atoms with Crippen LogP contribution in [-0.4, -0.2) is 28.7 Å². The molecule has 3 aromatic rings. The first-order valence-corrected chi connectivity index (χ1v) is 8.86. The molecule has 0 atom stereocenters. The quantitative estimate of drug-likeness (QED) is 0.667. The van der Waals surface area contributed by atoms with E-state index in [1.54, 1.807) is 49.6 Å². The van der Waals surface area contributed by atoms with Crippen LogP contribution < -0.4 is 15.4 Å². The number of nitrogens with zero attached hydrogens (tertiary/aromatic N) is 2. The number of anilines is 1. The molecule has 0 aliphatic rings. The Balaban J connectivity index is 1.60. The summed E-state index contributed by atoms with van der Waals surface area (Å²) in [5.74, 6) is -0.301. The van der Waals surface area contributed by atoms with E-state index in [2.05, 4.69) is 15.7 Å². The molecule has 0 bridgehead atoms. The van der Waals surface area contributed by atoms with Crippen LogP contribution in [0.25, 0.3) is 0 Å². The number of rotatable bonds is 6. The van der Waals surface area contributed by atoms with Crippen molar-refractivity contribution < 1.29 is 14.3 Å². The van der Waals surface area contributed by atoms with Gasteiger partial charge >= 0.3 is 0 Å². The van der Waals surface area contributed by atoms with Crippen LogP contribution in [0.3, 0.4) is 0 Å². The minimum absolute atomic E-state index is 0.207. The molecule has 1 heterocycles. The van der Waals surface area contributed by atoms with Gasteiger partial charge in [-0.1, -0.05) is 23.7 Å². The zero-order chi connectivity index (χ0) is 20.1. The number of methoxy groups -OCH3 is 1. The number of hydrogen-bond acceptors (Lipinski definition) is 4. The average molecular weight is 399 g/mol. The second-order valence-electron chi connectivity index (χ2n) is 6.07. The first-order valence-electron chi connectivity index (χ1n) is 8.48. The summed E-state index contributed by atoms with van der Waals surface area (Å²) in [6.07, 6.45) is 1.58. The molecule has 0 saturated heterocycles. The zero-order valence-electron chi connectivity index (χ0n) is 15.4. The van der Waals surface area contributed by atoms with Crippen LogP contribution in [0.5, 0.6) is 5.88 Å². The lowest BCUT2D eigenvalue weighted by atomic mass is 10.1. The molecule has 28 heavy (non-hydrogen) atoms. The van der Waals surface area contributed by atoms with Crippen LogP contribution in [0.2, 0.25) is 5.02 Å².